The smallest absolute Gasteiger partial charge is 0.216 e. The van der Waals surface area contributed by atoms with Gasteiger partial charge in [-0.05, 0) is 47.0 Å². The molecule has 1 aromatic rings. The lowest BCUT2D eigenvalue weighted by Crippen LogP contribution is -3.00. The van der Waals surface area contributed by atoms with Gasteiger partial charge in [0.05, 0.1) is 26.7 Å². The number of hydrogen-bond acceptors (Lipinski definition) is 2. The number of nitrogens with zero attached hydrogens (tertiary/aromatic N) is 1. The van der Waals surface area contributed by atoms with Crippen LogP contribution in [0.2, 0.25) is 0 Å². The quantitative estimate of drug-likeness (QED) is 0.362. The molecule has 0 saturated carbocycles. The van der Waals surface area contributed by atoms with Crippen LogP contribution in [0.3, 0.4) is 0 Å². The SMILES string of the molecule is CC(=O)NCCC[N+](C)(C)C(C)CCc1ccc(N)c(Br)c1.[Cl-]. The largest absolute Gasteiger partial charge is 1.00 e. The summed E-state index contributed by atoms with van der Waals surface area (Å²) >= 11 is 3.48. The van der Waals surface area contributed by atoms with Crippen LogP contribution < -0.4 is 23.5 Å². The summed E-state index contributed by atoms with van der Waals surface area (Å²) in [5, 5.41) is 2.86. The molecule has 6 heteroatoms. The molecule has 1 atom stereocenters. The second-order valence-corrected chi connectivity index (χ2v) is 7.44. The molecule has 0 heterocycles. The Morgan fingerprint density at radius 1 is 1.39 bits per heavy atom. The molecule has 3 N–H and O–H groups in total. The van der Waals surface area contributed by atoms with Crippen molar-refractivity contribution < 1.29 is 21.7 Å². The predicted molar refractivity (Wildman–Crippen MR) is 96.6 cm³/mol. The Balaban J connectivity index is 0.00000484. The van der Waals surface area contributed by atoms with Crippen LogP contribution in [0.15, 0.2) is 22.7 Å². The first-order chi connectivity index (χ1) is 10.2. The number of nitrogens with one attached hydrogen (secondary N) is 1. The summed E-state index contributed by atoms with van der Waals surface area (Å²) in [6.07, 6.45) is 3.18. The van der Waals surface area contributed by atoms with Crippen molar-refractivity contribution in [3.8, 4) is 0 Å². The predicted octanol–water partition coefficient (Wildman–Crippen LogP) is -0.0410. The highest BCUT2D eigenvalue weighted by molar-refractivity contribution is 9.10. The number of carbonyl (C=O) groups excluding carboxylic acids is 1. The Labute approximate surface area is 154 Å². The second-order valence-electron chi connectivity index (χ2n) is 6.58. The molecule has 0 bridgehead atoms. The zero-order chi connectivity index (χ0) is 16.8. The van der Waals surface area contributed by atoms with Crippen molar-refractivity contribution in [1.29, 1.82) is 0 Å². The maximum Gasteiger partial charge on any atom is 0.216 e. The van der Waals surface area contributed by atoms with E-state index in [1.807, 2.05) is 6.07 Å². The molecule has 1 aromatic carbocycles. The highest BCUT2D eigenvalue weighted by Gasteiger charge is 2.23. The molecule has 1 amide bonds. The maximum atomic E-state index is 10.9. The fourth-order valence-electron chi connectivity index (χ4n) is 2.42. The minimum absolute atomic E-state index is 0. The summed E-state index contributed by atoms with van der Waals surface area (Å²) < 4.78 is 1.94. The summed E-state index contributed by atoms with van der Waals surface area (Å²) in [6, 6.07) is 6.73. The van der Waals surface area contributed by atoms with Crippen molar-refractivity contribution in [1.82, 2.24) is 5.32 Å². The average molecular weight is 407 g/mol. The standard InChI is InChI=1S/C17H28BrN3O.ClH/c1-13(21(3,4)11-5-10-20-14(2)22)6-7-15-8-9-17(19)16(18)12-15;/h8-9,12-13H,5-7,10-11,19H2,1-4H3;1H. The van der Waals surface area contributed by atoms with Crippen molar-refractivity contribution in [3.05, 3.63) is 28.2 Å². The van der Waals surface area contributed by atoms with E-state index < -0.39 is 0 Å². The van der Waals surface area contributed by atoms with Crippen LogP contribution in [-0.4, -0.2) is 43.6 Å². The van der Waals surface area contributed by atoms with Gasteiger partial charge in [0.2, 0.25) is 5.91 Å². The minimum Gasteiger partial charge on any atom is -1.00 e. The van der Waals surface area contributed by atoms with Crippen LogP contribution in [0.4, 0.5) is 5.69 Å². The van der Waals surface area contributed by atoms with Gasteiger partial charge in [-0.1, -0.05) is 6.07 Å². The Hall–Kier alpha value is -0.780. The van der Waals surface area contributed by atoms with Crippen molar-refractivity contribution in [3.63, 3.8) is 0 Å². The van der Waals surface area contributed by atoms with Crippen LogP contribution in [0.25, 0.3) is 0 Å². The van der Waals surface area contributed by atoms with E-state index in [-0.39, 0.29) is 18.3 Å². The van der Waals surface area contributed by atoms with Gasteiger partial charge >= 0.3 is 0 Å². The normalized spacial score (nSPS) is 12.4. The molecule has 0 aliphatic carbocycles. The minimum atomic E-state index is 0. The number of rotatable bonds is 8. The van der Waals surface area contributed by atoms with E-state index in [0.29, 0.717) is 6.04 Å². The number of nitrogen functional groups attached to an aromatic ring is 1. The molecule has 132 valence electrons. The lowest BCUT2D eigenvalue weighted by atomic mass is 10.0. The van der Waals surface area contributed by atoms with Gasteiger partial charge in [-0.15, -0.1) is 0 Å². The molecular formula is C17H29BrClN3O. The molecule has 0 spiro atoms. The van der Waals surface area contributed by atoms with E-state index in [2.05, 4.69) is 54.4 Å². The molecule has 1 unspecified atom stereocenters. The number of aryl methyl sites for hydroxylation is 1. The van der Waals surface area contributed by atoms with Crippen LogP contribution in [0, 0.1) is 0 Å². The summed E-state index contributed by atoms with van der Waals surface area (Å²) in [5.74, 6) is 0.0484. The van der Waals surface area contributed by atoms with Gasteiger partial charge in [-0.2, -0.15) is 0 Å². The second kappa shape index (κ2) is 10.2. The monoisotopic (exact) mass is 405 g/mol. The lowest BCUT2D eigenvalue weighted by molar-refractivity contribution is -0.913. The lowest BCUT2D eigenvalue weighted by Gasteiger charge is -2.36. The molecule has 0 fully saturated rings. The number of carbonyl (C=O) groups is 1. The van der Waals surface area contributed by atoms with Gasteiger partial charge in [0, 0.05) is 36.5 Å². The maximum absolute atomic E-state index is 10.9. The average Bonchev–Trinajstić information content (AvgIpc) is 2.44. The summed E-state index contributed by atoms with van der Waals surface area (Å²) in [5.41, 5.74) is 7.92. The Kier molecular flexibility index (Phi) is 9.82. The van der Waals surface area contributed by atoms with E-state index in [4.69, 9.17) is 5.73 Å². The highest BCUT2D eigenvalue weighted by Crippen LogP contribution is 2.22. The Morgan fingerprint density at radius 3 is 2.61 bits per heavy atom. The number of quaternary nitrogens is 1. The first kappa shape index (κ1) is 22.2. The van der Waals surface area contributed by atoms with Gasteiger partial charge < -0.3 is 27.9 Å². The van der Waals surface area contributed by atoms with Crippen molar-refractivity contribution in [2.75, 3.05) is 32.9 Å². The zero-order valence-corrected chi connectivity index (χ0v) is 16.9. The number of benzene rings is 1. The molecule has 0 radical (unpaired) electrons. The topological polar surface area (TPSA) is 55.1 Å². The van der Waals surface area contributed by atoms with Gasteiger partial charge in [-0.3, -0.25) is 4.79 Å². The summed E-state index contributed by atoms with van der Waals surface area (Å²) in [6.45, 7) is 5.68. The number of nitrogens with two attached hydrogens (primary N) is 1. The van der Waals surface area contributed by atoms with Gasteiger partial charge in [0.25, 0.3) is 0 Å². The Morgan fingerprint density at radius 2 is 2.04 bits per heavy atom. The van der Waals surface area contributed by atoms with E-state index in [1.54, 1.807) is 6.92 Å². The van der Waals surface area contributed by atoms with Gasteiger partial charge in [0.1, 0.15) is 0 Å². The molecule has 0 aliphatic heterocycles. The van der Waals surface area contributed by atoms with Crippen molar-refractivity contribution in [2.45, 2.75) is 39.2 Å². The van der Waals surface area contributed by atoms with Crippen molar-refractivity contribution >= 4 is 27.5 Å². The third-order valence-electron chi connectivity index (χ3n) is 4.39. The fourth-order valence-corrected chi connectivity index (χ4v) is 2.85. The van der Waals surface area contributed by atoms with E-state index >= 15 is 0 Å². The molecule has 23 heavy (non-hydrogen) atoms. The molecule has 1 rings (SSSR count). The fraction of sp³-hybridized carbons (Fsp3) is 0.588. The molecule has 0 saturated heterocycles. The summed E-state index contributed by atoms with van der Waals surface area (Å²) in [4.78, 5) is 10.9. The van der Waals surface area contributed by atoms with Gasteiger partial charge in [-0.25, -0.2) is 0 Å². The third kappa shape index (κ3) is 8.04. The third-order valence-corrected chi connectivity index (χ3v) is 5.08. The van der Waals surface area contributed by atoms with Crippen molar-refractivity contribution in [2.24, 2.45) is 0 Å². The molecule has 4 nitrogen and oxygen atoms in total. The zero-order valence-electron chi connectivity index (χ0n) is 14.5. The van der Waals surface area contributed by atoms with Gasteiger partial charge in [0.15, 0.2) is 0 Å². The number of hydrogen-bond donors (Lipinski definition) is 2. The number of amides is 1. The first-order valence-electron chi connectivity index (χ1n) is 7.83. The van der Waals surface area contributed by atoms with Crippen LogP contribution in [0.5, 0.6) is 0 Å². The van der Waals surface area contributed by atoms with Crippen LogP contribution in [-0.2, 0) is 11.2 Å². The number of halogens is 2. The first-order valence-corrected chi connectivity index (χ1v) is 8.62. The van der Waals surface area contributed by atoms with E-state index in [9.17, 15) is 4.79 Å². The molecule has 0 aromatic heterocycles. The molecular weight excluding hydrogens is 378 g/mol. The van der Waals surface area contributed by atoms with Crippen LogP contribution >= 0.6 is 15.9 Å². The Bertz CT molecular complexity index is 509. The van der Waals surface area contributed by atoms with Crippen LogP contribution in [0.1, 0.15) is 32.3 Å². The summed E-state index contributed by atoms with van der Waals surface area (Å²) in [7, 11) is 4.52. The van der Waals surface area contributed by atoms with E-state index in [0.717, 1.165) is 47.0 Å². The number of anilines is 1. The highest BCUT2D eigenvalue weighted by atomic mass is 79.9. The van der Waals surface area contributed by atoms with E-state index in [1.165, 1.54) is 5.56 Å². The molecule has 0 aliphatic rings.